The fourth-order valence-electron chi connectivity index (χ4n) is 1.83. The SMILES string of the molecule is NC(CC1CC1)c1ccccc1OC(F)F. The highest BCUT2D eigenvalue weighted by atomic mass is 19.3. The van der Waals surface area contributed by atoms with Crippen molar-refractivity contribution in [2.45, 2.75) is 31.9 Å². The molecule has 1 fully saturated rings. The molecule has 0 bridgehead atoms. The van der Waals surface area contributed by atoms with E-state index in [1.807, 2.05) is 0 Å². The molecule has 0 radical (unpaired) electrons. The molecule has 16 heavy (non-hydrogen) atoms. The van der Waals surface area contributed by atoms with Crippen molar-refractivity contribution in [2.75, 3.05) is 0 Å². The fourth-order valence-corrected chi connectivity index (χ4v) is 1.83. The number of hydrogen-bond acceptors (Lipinski definition) is 2. The van der Waals surface area contributed by atoms with Crippen molar-refractivity contribution in [2.24, 2.45) is 11.7 Å². The zero-order valence-corrected chi connectivity index (χ0v) is 8.90. The summed E-state index contributed by atoms with van der Waals surface area (Å²) in [6, 6.07) is 6.55. The lowest BCUT2D eigenvalue weighted by molar-refractivity contribution is -0.0506. The molecule has 4 heteroatoms. The number of ether oxygens (including phenoxy) is 1. The van der Waals surface area contributed by atoms with Crippen molar-refractivity contribution in [3.63, 3.8) is 0 Å². The van der Waals surface area contributed by atoms with Gasteiger partial charge in [-0.3, -0.25) is 0 Å². The largest absolute Gasteiger partial charge is 0.434 e. The Morgan fingerprint density at radius 2 is 2.00 bits per heavy atom. The summed E-state index contributed by atoms with van der Waals surface area (Å²) in [5.41, 5.74) is 6.66. The van der Waals surface area contributed by atoms with E-state index in [1.165, 1.54) is 18.9 Å². The van der Waals surface area contributed by atoms with Crippen LogP contribution >= 0.6 is 0 Å². The van der Waals surface area contributed by atoms with Crippen molar-refractivity contribution < 1.29 is 13.5 Å². The van der Waals surface area contributed by atoms with Crippen molar-refractivity contribution in [3.05, 3.63) is 29.8 Å². The summed E-state index contributed by atoms with van der Waals surface area (Å²) in [6.07, 6.45) is 3.25. The maximum absolute atomic E-state index is 12.2. The molecule has 1 aliphatic rings. The summed E-state index contributed by atoms with van der Waals surface area (Å²) in [4.78, 5) is 0. The van der Waals surface area contributed by atoms with Gasteiger partial charge >= 0.3 is 6.61 Å². The average Bonchev–Trinajstić information content (AvgIpc) is 3.01. The first-order valence-corrected chi connectivity index (χ1v) is 5.46. The standard InChI is InChI=1S/C12H15F2NO/c13-12(14)16-11-4-2-1-3-9(11)10(15)7-8-5-6-8/h1-4,8,10,12H,5-7,15H2. The normalized spacial score (nSPS) is 17.5. The summed E-state index contributed by atoms with van der Waals surface area (Å²) < 4.78 is 28.8. The Kier molecular flexibility index (Phi) is 3.39. The van der Waals surface area contributed by atoms with Crippen LogP contribution < -0.4 is 10.5 Å². The first kappa shape index (κ1) is 11.3. The van der Waals surface area contributed by atoms with Gasteiger partial charge in [-0.25, -0.2) is 0 Å². The van der Waals surface area contributed by atoms with Crippen LogP contribution in [0.25, 0.3) is 0 Å². The van der Waals surface area contributed by atoms with Gasteiger partial charge in [-0.15, -0.1) is 0 Å². The Morgan fingerprint density at radius 1 is 1.31 bits per heavy atom. The van der Waals surface area contributed by atoms with Crippen LogP contribution in [0.1, 0.15) is 30.9 Å². The highest BCUT2D eigenvalue weighted by Crippen LogP contribution is 2.38. The van der Waals surface area contributed by atoms with Gasteiger partial charge in [0.1, 0.15) is 5.75 Å². The third-order valence-corrected chi connectivity index (χ3v) is 2.82. The Labute approximate surface area is 93.4 Å². The van der Waals surface area contributed by atoms with E-state index in [2.05, 4.69) is 4.74 Å². The molecule has 0 aromatic heterocycles. The Bertz CT molecular complexity index is 353. The molecule has 1 unspecified atom stereocenters. The van der Waals surface area contributed by atoms with Gasteiger partial charge in [0.15, 0.2) is 0 Å². The summed E-state index contributed by atoms with van der Waals surface area (Å²) in [5, 5.41) is 0. The van der Waals surface area contributed by atoms with Crippen LogP contribution in [0.5, 0.6) is 5.75 Å². The topological polar surface area (TPSA) is 35.2 Å². The maximum atomic E-state index is 12.2. The highest BCUT2D eigenvalue weighted by Gasteiger charge is 2.26. The van der Waals surface area contributed by atoms with Gasteiger partial charge in [-0.05, 0) is 18.4 Å². The van der Waals surface area contributed by atoms with Crippen molar-refractivity contribution in [3.8, 4) is 5.75 Å². The summed E-state index contributed by atoms with van der Waals surface area (Å²) >= 11 is 0. The molecule has 0 spiro atoms. The molecule has 0 aliphatic heterocycles. The van der Waals surface area contributed by atoms with Crippen LogP contribution in [0.15, 0.2) is 24.3 Å². The van der Waals surface area contributed by atoms with E-state index in [9.17, 15) is 8.78 Å². The van der Waals surface area contributed by atoms with Crippen LogP contribution in [0, 0.1) is 5.92 Å². The number of halogens is 2. The van der Waals surface area contributed by atoms with Crippen molar-refractivity contribution in [1.29, 1.82) is 0 Å². The van der Waals surface area contributed by atoms with Crippen LogP contribution in [-0.2, 0) is 0 Å². The zero-order valence-electron chi connectivity index (χ0n) is 8.90. The van der Waals surface area contributed by atoms with Crippen molar-refractivity contribution in [1.82, 2.24) is 0 Å². The van der Waals surface area contributed by atoms with Crippen LogP contribution in [-0.4, -0.2) is 6.61 Å². The molecule has 1 atom stereocenters. The monoisotopic (exact) mass is 227 g/mol. The lowest BCUT2D eigenvalue weighted by atomic mass is 10.0. The molecule has 1 aromatic carbocycles. The lowest BCUT2D eigenvalue weighted by Gasteiger charge is -2.16. The minimum absolute atomic E-state index is 0.200. The number of para-hydroxylation sites is 1. The molecule has 0 heterocycles. The van der Waals surface area contributed by atoms with Crippen LogP contribution in [0.4, 0.5) is 8.78 Å². The van der Waals surface area contributed by atoms with E-state index >= 15 is 0 Å². The van der Waals surface area contributed by atoms with Gasteiger partial charge in [0.2, 0.25) is 0 Å². The van der Waals surface area contributed by atoms with E-state index in [0.29, 0.717) is 11.5 Å². The van der Waals surface area contributed by atoms with E-state index in [0.717, 1.165) is 6.42 Å². The summed E-state index contributed by atoms with van der Waals surface area (Å²) in [7, 11) is 0. The van der Waals surface area contributed by atoms with Gasteiger partial charge in [0.25, 0.3) is 0 Å². The van der Waals surface area contributed by atoms with Gasteiger partial charge in [0, 0.05) is 11.6 Å². The second-order valence-corrected chi connectivity index (χ2v) is 4.20. The van der Waals surface area contributed by atoms with E-state index in [4.69, 9.17) is 5.73 Å². The fraction of sp³-hybridized carbons (Fsp3) is 0.500. The number of alkyl halides is 2. The smallest absolute Gasteiger partial charge is 0.387 e. The van der Waals surface area contributed by atoms with Gasteiger partial charge < -0.3 is 10.5 Å². The van der Waals surface area contributed by atoms with Gasteiger partial charge in [-0.1, -0.05) is 31.0 Å². The highest BCUT2D eigenvalue weighted by molar-refractivity contribution is 5.35. The Balaban J connectivity index is 2.10. The van der Waals surface area contributed by atoms with E-state index in [-0.39, 0.29) is 11.8 Å². The Hall–Kier alpha value is -1.16. The molecule has 1 aliphatic carbocycles. The first-order valence-electron chi connectivity index (χ1n) is 5.46. The number of benzene rings is 1. The lowest BCUT2D eigenvalue weighted by Crippen LogP contribution is -2.14. The van der Waals surface area contributed by atoms with Gasteiger partial charge in [-0.2, -0.15) is 8.78 Å². The summed E-state index contributed by atoms with van der Waals surface area (Å²) in [5.74, 6) is 0.861. The number of rotatable bonds is 5. The summed E-state index contributed by atoms with van der Waals surface area (Å²) in [6.45, 7) is -2.80. The molecule has 2 rings (SSSR count). The molecule has 1 saturated carbocycles. The van der Waals surface area contributed by atoms with E-state index < -0.39 is 6.61 Å². The third-order valence-electron chi connectivity index (χ3n) is 2.82. The zero-order chi connectivity index (χ0) is 11.5. The first-order chi connectivity index (χ1) is 7.66. The third kappa shape index (κ3) is 2.92. The molecule has 2 nitrogen and oxygen atoms in total. The molecular weight excluding hydrogens is 212 g/mol. The molecule has 1 aromatic rings. The van der Waals surface area contributed by atoms with Gasteiger partial charge in [0.05, 0.1) is 0 Å². The predicted molar refractivity (Wildman–Crippen MR) is 57.3 cm³/mol. The minimum atomic E-state index is -2.80. The van der Waals surface area contributed by atoms with Crippen molar-refractivity contribution >= 4 is 0 Å². The molecule has 0 saturated heterocycles. The number of hydrogen-bond donors (Lipinski definition) is 1. The molecule has 88 valence electrons. The van der Waals surface area contributed by atoms with E-state index in [1.54, 1.807) is 18.2 Å². The number of nitrogens with two attached hydrogens (primary N) is 1. The molecule has 0 amide bonds. The quantitative estimate of drug-likeness (QED) is 0.838. The Morgan fingerprint density at radius 3 is 2.62 bits per heavy atom. The maximum Gasteiger partial charge on any atom is 0.387 e. The minimum Gasteiger partial charge on any atom is -0.434 e. The van der Waals surface area contributed by atoms with Crippen LogP contribution in [0.2, 0.25) is 0 Å². The average molecular weight is 227 g/mol. The predicted octanol–water partition coefficient (Wildman–Crippen LogP) is 3.09. The second-order valence-electron chi connectivity index (χ2n) is 4.20. The molecular formula is C12H15F2NO. The van der Waals surface area contributed by atoms with Crippen LogP contribution in [0.3, 0.4) is 0 Å². The molecule has 2 N–H and O–H groups in total. The second kappa shape index (κ2) is 4.78.